The minimum absolute atomic E-state index is 0.00223. The lowest BCUT2D eigenvalue weighted by Crippen LogP contribution is -2.27. The highest BCUT2D eigenvalue weighted by atomic mass is 16.3. The molecular formula is C30H18O8. The van der Waals surface area contributed by atoms with Crippen molar-refractivity contribution in [3.05, 3.63) is 60.6 Å². The van der Waals surface area contributed by atoms with Crippen molar-refractivity contribution in [1.82, 2.24) is 0 Å². The van der Waals surface area contributed by atoms with Gasteiger partial charge in [-0.15, -0.1) is 0 Å². The highest BCUT2D eigenvalue weighted by Gasteiger charge is 2.35. The van der Waals surface area contributed by atoms with Gasteiger partial charge in [-0.2, -0.15) is 0 Å². The number of aliphatic hydroxyl groups is 2. The molecule has 38 heavy (non-hydrogen) atoms. The van der Waals surface area contributed by atoms with Crippen LogP contribution in [0.4, 0.5) is 0 Å². The van der Waals surface area contributed by atoms with Crippen molar-refractivity contribution in [1.29, 1.82) is 0 Å². The first-order valence-electron chi connectivity index (χ1n) is 12.1. The Labute approximate surface area is 211 Å². The Hall–Kier alpha value is -4.82. The van der Waals surface area contributed by atoms with Crippen LogP contribution in [-0.2, 0) is 0 Å². The molecule has 0 saturated carbocycles. The van der Waals surface area contributed by atoms with Crippen molar-refractivity contribution >= 4 is 70.4 Å². The Bertz CT molecular complexity index is 2440. The van der Waals surface area contributed by atoms with Crippen LogP contribution in [0.1, 0.15) is 29.2 Å². The van der Waals surface area contributed by atoms with E-state index in [1.165, 1.54) is 12.1 Å². The maximum atomic E-state index is 13.9. The zero-order valence-corrected chi connectivity index (χ0v) is 20.0. The molecule has 6 N–H and O–H groups in total. The molecule has 0 aliphatic heterocycles. The predicted octanol–water partition coefficient (Wildman–Crippen LogP) is 3.90. The minimum atomic E-state index is -1.39. The first kappa shape index (κ1) is 21.3. The monoisotopic (exact) mass is 506 g/mol. The van der Waals surface area contributed by atoms with Crippen molar-refractivity contribution in [2.24, 2.45) is 0 Å². The summed E-state index contributed by atoms with van der Waals surface area (Å²) >= 11 is 0. The number of phenols is 4. The van der Waals surface area contributed by atoms with Gasteiger partial charge in [0.05, 0.1) is 22.3 Å². The molecule has 1 atom stereocenters. The lowest BCUT2D eigenvalue weighted by molar-refractivity contribution is 0.174. The zero-order chi connectivity index (χ0) is 26.7. The Kier molecular flexibility index (Phi) is 3.46. The standard InChI is InChI=1S/C30H18O8/c1-7-3-9(31)19-23-15(7)16-8(2)4-10(32)20-24(16)28-26-18(12(34)6-14(36)22(26)30(20)38)17-11(33)5-13(35)21(29(19)37)25(17)27(23)28/h3-5,14,31-36H,6H2,1-2H3. The van der Waals surface area contributed by atoms with Crippen LogP contribution in [0.25, 0.3) is 70.4 Å². The zero-order valence-electron chi connectivity index (χ0n) is 20.0. The molecule has 0 fully saturated rings. The third-order valence-corrected chi connectivity index (χ3v) is 8.50. The first-order chi connectivity index (χ1) is 18.0. The third kappa shape index (κ3) is 2.00. The highest BCUT2D eigenvalue weighted by molar-refractivity contribution is 6.46. The molecular weight excluding hydrogens is 488 g/mol. The van der Waals surface area contributed by atoms with E-state index < -0.39 is 28.5 Å². The van der Waals surface area contributed by atoms with Gasteiger partial charge in [0.1, 0.15) is 28.8 Å². The van der Waals surface area contributed by atoms with Crippen LogP contribution in [-0.4, -0.2) is 30.6 Å². The molecule has 0 bridgehead atoms. The molecule has 1 aliphatic rings. The second-order valence-corrected chi connectivity index (χ2v) is 10.5. The van der Waals surface area contributed by atoms with E-state index in [-0.39, 0.29) is 66.8 Å². The fourth-order valence-electron chi connectivity index (χ4n) is 7.23. The maximum Gasteiger partial charge on any atom is 0.201 e. The van der Waals surface area contributed by atoms with Crippen LogP contribution in [0.3, 0.4) is 0 Å². The number of phenolic OH excluding ortho intramolecular Hbond substituents is 4. The van der Waals surface area contributed by atoms with Crippen molar-refractivity contribution < 1.29 is 30.6 Å². The van der Waals surface area contributed by atoms with Crippen LogP contribution < -0.4 is 16.1 Å². The second kappa shape index (κ2) is 6.17. The normalized spacial score (nSPS) is 16.1. The summed E-state index contributed by atoms with van der Waals surface area (Å²) in [5.41, 5.74) is -0.0334. The number of aliphatic hydroxyl groups excluding tert-OH is 2. The van der Waals surface area contributed by atoms with Gasteiger partial charge in [-0.1, -0.05) is 0 Å². The van der Waals surface area contributed by atoms with Gasteiger partial charge in [-0.3, -0.25) is 9.59 Å². The summed E-state index contributed by atoms with van der Waals surface area (Å²) in [7, 11) is 0. The van der Waals surface area contributed by atoms with Crippen LogP contribution >= 0.6 is 0 Å². The number of aryl methyl sites for hydroxylation is 2. The Morgan fingerprint density at radius 2 is 0.974 bits per heavy atom. The van der Waals surface area contributed by atoms with Gasteiger partial charge >= 0.3 is 0 Å². The van der Waals surface area contributed by atoms with Crippen molar-refractivity contribution in [3.63, 3.8) is 0 Å². The van der Waals surface area contributed by atoms with Gasteiger partial charge in [0.25, 0.3) is 0 Å². The summed E-state index contributed by atoms with van der Waals surface area (Å²) in [6.45, 7) is 3.53. The summed E-state index contributed by atoms with van der Waals surface area (Å²) in [5.74, 6) is -1.75. The number of aromatic hydroxyl groups is 4. The van der Waals surface area contributed by atoms with E-state index in [4.69, 9.17) is 0 Å². The fraction of sp³-hybridized carbons (Fsp3) is 0.133. The lowest BCUT2D eigenvalue weighted by atomic mass is 9.76. The molecule has 0 saturated heterocycles. The molecule has 8 heteroatoms. The van der Waals surface area contributed by atoms with Crippen molar-refractivity contribution in [3.8, 4) is 23.0 Å². The quantitative estimate of drug-likeness (QED) is 0.134. The summed E-state index contributed by atoms with van der Waals surface area (Å²) in [6, 6.07) is 3.93. The number of benzene rings is 7. The number of hydrogen-bond acceptors (Lipinski definition) is 8. The van der Waals surface area contributed by atoms with E-state index in [2.05, 4.69) is 0 Å². The van der Waals surface area contributed by atoms with Crippen LogP contribution in [0.5, 0.6) is 23.0 Å². The molecule has 0 amide bonds. The smallest absolute Gasteiger partial charge is 0.201 e. The first-order valence-corrected chi connectivity index (χ1v) is 12.1. The molecule has 1 unspecified atom stereocenters. The van der Waals surface area contributed by atoms with Crippen LogP contribution in [0.2, 0.25) is 0 Å². The maximum absolute atomic E-state index is 13.9. The Morgan fingerprint density at radius 3 is 1.55 bits per heavy atom. The van der Waals surface area contributed by atoms with Gasteiger partial charge in [-0.05, 0) is 47.9 Å². The number of rotatable bonds is 0. The minimum Gasteiger partial charge on any atom is -0.512 e. The summed E-state index contributed by atoms with van der Waals surface area (Å²) in [5, 5.41) is 69.3. The van der Waals surface area contributed by atoms with E-state index in [1.807, 2.05) is 0 Å². The molecule has 8 rings (SSSR count). The molecule has 0 aromatic heterocycles. The molecule has 0 heterocycles. The van der Waals surface area contributed by atoms with Gasteiger partial charge in [0.2, 0.25) is 5.43 Å². The van der Waals surface area contributed by atoms with Gasteiger partial charge in [0, 0.05) is 61.0 Å². The van der Waals surface area contributed by atoms with Crippen LogP contribution in [0.15, 0.2) is 27.8 Å². The molecule has 7 aromatic rings. The highest BCUT2D eigenvalue weighted by Crippen LogP contribution is 2.53. The SMILES string of the molecule is Cc1cc(O)c2c(=O)c3c4c(c5c(O)cc(O)c6c(=O)c7c(O)cc(C)c8c1c2c4c(c65)c78)=C(O)CC3O. The van der Waals surface area contributed by atoms with E-state index in [9.17, 15) is 40.2 Å². The van der Waals surface area contributed by atoms with Crippen molar-refractivity contribution in [2.75, 3.05) is 0 Å². The van der Waals surface area contributed by atoms with Crippen LogP contribution in [0, 0.1) is 13.8 Å². The van der Waals surface area contributed by atoms with E-state index >= 15 is 0 Å². The van der Waals surface area contributed by atoms with E-state index in [0.29, 0.717) is 43.4 Å². The lowest BCUT2D eigenvalue weighted by Gasteiger charge is -2.27. The molecule has 1 aliphatic carbocycles. The fourth-order valence-corrected chi connectivity index (χ4v) is 7.23. The van der Waals surface area contributed by atoms with E-state index in [0.717, 1.165) is 6.07 Å². The number of hydrogen-bond donors (Lipinski definition) is 6. The molecule has 0 spiro atoms. The van der Waals surface area contributed by atoms with Gasteiger partial charge in [0.15, 0.2) is 5.43 Å². The third-order valence-electron chi connectivity index (χ3n) is 8.50. The molecule has 0 radical (unpaired) electrons. The largest absolute Gasteiger partial charge is 0.512 e. The average Bonchev–Trinajstić information content (AvgIpc) is 2.82. The average molecular weight is 506 g/mol. The summed E-state index contributed by atoms with van der Waals surface area (Å²) in [4.78, 5) is 27.9. The molecule has 186 valence electrons. The summed E-state index contributed by atoms with van der Waals surface area (Å²) in [6.07, 6.45) is -1.70. The van der Waals surface area contributed by atoms with E-state index in [1.54, 1.807) is 13.8 Å². The Balaban J connectivity index is 2.02. The van der Waals surface area contributed by atoms with Gasteiger partial charge < -0.3 is 30.6 Å². The molecule has 7 aromatic carbocycles. The topological polar surface area (TPSA) is 156 Å². The molecule has 8 nitrogen and oxygen atoms in total. The second-order valence-electron chi connectivity index (χ2n) is 10.5. The Morgan fingerprint density at radius 1 is 0.553 bits per heavy atom. The van der Waals surface area contributed by atoms with Gasteiger partial charge in [-0.25, -0.2) is 0 Å². The summed E-state index contributed by atoms with van der Waals surface area (Å²) < 4.78 is 0. The number of fused-ring (bicyclic) bond motifs is 2. The predicted molar refractivity (Wildman–Crippen MR) is 145 cm³/mol. The van der Waals surface area contributed by atoms with Crippen molar-refractivity contribution in [2.45, 2.75) is 26.4 Å².